The lowest BCUT2D eigenvalue weighted by Crippen LogP contribution is -2.41. The lowest BCUT2D eigenvalue weighted by atomic mass is 10.0. The maximum atomic E-state index is 12.9. The standard InChI is InChI=1S/C13H17FN2O2S/c14-10-3-1-9(2-4-10)11(5-7-17)16-12(18)13-15-6-8-19-13/h1-4,11,13,15,17H,5-8H2,(H,16,18)/t11-,13-/m0/s1. The normalized spacial score (nSPS) is 20.2. The van der Waals surface area contributed by atoms with Crippen LogP contribution in [-0.2, 0) is 4.79 Å². The van der Waals surface area contributed by atoms with E-state index in [0.717, 1.165) is 17.9 Å². The van der Waals surface area contributed by atoms with Gasteiger partial charge < -0.3 is 10.4 Å². The summed E-state index contributed by atoms with van der Waals surface area (Å²) in [5.74, 6) is 0.510. The Hall–Kier alpha value is -1.11. The van der Waals surface area contributed by atoms with Gasteiger partial charge in [0.2, 0.25) is 5.91 Å². The Morgan fingerprint density at radius 3 is 2.84 bits per heavy atom. The van der Waals surface area contributed by atoms with Crippen molar-refractivity contribution in [1.82, 2.24) is 10.6 Å². The van der Waals surface area contributed by atoms with Gasteiger partial charge >= 0.3 is 0 Å². The van der Waals surface area contributed by atoms with E-state index in [1.165, 1.54) is 12.1 Å². The van der Waals surface area contributed by atoms with E-state index in [-0.39, 0.29) is 29.7 Å². The molecule has 1 aromatic carbocycles. The number of hydrogen-bond donors (Lipinski definition) is 3. The molecule has 1 heterocycles. The molecule has 0 aromatic heterocycles. The lowest BCUT2D eigenvalue weighted by molar-refractivity contribution is -0.121. The molecule has 1 aliphatic rings. The van der Waals surface area contributed by atoms with Gasteiger partial charge in [-0.15, -0.1) is 11.8 Å². The zero-order chi connectivity index (χ0) is 13.7. The first-order chi connectivity index (χ1) is 9.20. The van der Waals surface area contributed by atoms with Crippen LogP contribution in [0.15, 0.2) is 24.3 Å². The van der Waals surface area contributed by atoms with Gasteiger partial charge in [0, 0.05) is 18.9 Å². The molecule has 3 N–H and O–H groups in total. The van der Waals surface area contributed by atoms with Crippen molar-refractivity contribution in [3.05, 3.63) is 35.6 Å². The molecule has 0 bridgehead atoms. The second-order valence-electron chi connectivity index (χ2n) is 4.33. The Labute approximate surface area is 115 Å². The van der Waals surface area contributed by atoms with Crippen molar-refractivity contribution in [2.45, 2.75) is 17.8 Å². The molecule has 1 aliphatic heterocycles. The number of halogens is 1. The van der Waals surface area contributed by atoms with Crippen molar-refractivity contribution in [2.75, 3.05) is 18.9 Å². The average Bonchev–Trinajstić information content (AvgIpc) is 2.93. The molecule has 1 saturated heterocycles. The fourth-order valence-corrected chi connectivity index (χ4v) is 2.91. The van der Waals surface area contributed by atoms with Crippen molar-refractivity contribution in [1.29, 1.82) is 0 Å². The van der Waals surface area contributed by atoms with E-state index in [4.69, 9.17) is 5.11 Å². The van der Waals surface area contributed by atoms with Crippen molar-refractivity contribution in [3.8, 4) is 0 Å². The number of carbonyl (C=O) groups excluding carboxylic acids is 1. The van der Waals surface area contributed by atoms with Crippen molar-refractivity contribution < 1.29 is 14.3 Å². The summed E-state index contributed by atoms with van der Waals surface area (Å²) in [7, 11) is 0. The predicted octanol–water partition coefficient (Wildman–Crippen LogP) is 1.03. The predicted molar refractivity (Wildman–Crippen MR) is 73.2 cm³/mol. The molecule has 19 heavy (non-hydrogen) atoms. The number of amides is 1. The van der Waals surface area contributed by atoms with Gasteiger partial charge in [0.15, 0.2) is 0 Å². The summed E-state index contributed by atoms with van der Waals surface area (Å²) >= 11 is 1.56. The van der Waals surface area contributed by atoms with E-state index in [1.54, 1.807) is 23.9 Å². The highest BCUT2D eigenvalue weighted by Crippen LogP contribution is 2.19. The SMILES string of the molecule is O=C(N[C@@H](CCO)c1ccc(F)cc1)[C@H]1NCCS1. The van der Waals surface area contributed by atoms with Crippen LogP contribution in [0.1, 0.15) is 18.0 Å². The van der Waals surface area contributed by atoms with Gasteiger partial charge in [0.25, 0.3) is 0 Å². The Bertz CT molecular complexity index is 421. The van der Waals surface area contributed by atoms with E-state index in [1.807, 2.05) is 0 Å². The number of aliphatic hydroxyl groups is 1. The molecule has 0 aliphatic carbocycles. The van der Waals surface area contributed by atoms with Crippen molar-refractivity contribution >= 4 is 17.7 Å². The lowest BCUT2D eigenvalue weighted by Gasteiger charge is -2.20. The smallest absolute Gasteiger partial charge is 0.248 e. The molecule has 1 fully saturated rings. The minimum atomic E-state index is -0.314. The van der Waals surface area contributed by atoms with Gasteiger partial charge in [-0.25, -0.2) is 4.39 Å². The summed E-state index contributed by atoms with van der Waals surface area (Å²) in [6.07, 6.45) is 0.411. The first-order valence-electron chi connectivity index (χ1n) is 6.22. The summed E-state index contributed by atoms with van der Waals surface area (Å²) in [4.78, 5) is 12.0. The highest BCUT2D eigenvalue weighted by Gasteiger charge is 2.25. The fraction of sp³-hybridized carbons (Fsp3) is 0.462. The van der Waals surface area contributed by atoms with Crippen molar-refractivity contribution in [3.63, 3.8) is 0 Å². The zero-order valence-electron chi connectivity index (χ0n) is 10.4. The van der Waals surface area contributed by atoms with Crippen LogP contribution in [0.25, 0.3) is 0 Å². The number of rotatable bonds is 5. The van der Waals surface area contributed by atoms with Crippen LogP contribution in [0.5, 0.6) is 0 Å². The van der Waals surface area contributed by atoms with Crippen LogP contribution < -0.4 is 10.6 Å². The summed E-state index contributed by atoms with van der Waals surface area (Å²) in [6.45, 7) is 0.789. The van der Waals surface area contributed by atoms with Gasteiger partial charge in [-0.3, -0.25) is 10.1 Å². The Morgan fingerprint density at radius 1 is 1.53 bits per heavy atom. The molecule has 1 amide bonds. The number of nitrogens with one attached hydrogen (secondary N) is 2. The molecule has 2 rings (SSSR count). The van der Waals surface area contributed by atoms with E-state index in [0.29, 0.717) is 6.42 Å². The molecule has 0 spiro atoms. The second kappa shape index (κ2) is 6.88. The largest absolute Gasteiger partial charge is 0.396 e. The Balaban J connectivity index is 2.02. The minimum absolute atomic E-state index is 0.0342. The minimum Gasteiger partial charge on any atom is -0.396 e. The molecule has 6 heteroatoms. The summed E-state index contributed by atoms with van der Waals surface area (Å²) in [5, 5.41) is 14.8. The van der Waals surface area contributed by atoms with Gasteiger partial charge in [0.1, 0.15) is 11.2 Å². The molecular formula is C13H17FN2O2S. The van der Waals surface area contributed by atoms with Crippen LogP contribution in [0, 0.1) is 5.82 Å². The maximum absolute atomic E-state index is 12.9. The quantitative estimate of drug-likeness (QED) is 0.756. The first kappa shape index (κ1) is 14.3. The van der Waals surface area contributed by atoms with Gasteiger partial charge in [-0.05, 0) is 24.1 Å². The number of benzene rings is 1. The van der Waals surface area contributed by atoms with Crippen LogP contribution in [0.2, 0.25) is 0 Å². The van der Waals surface area contributed by atoms with Gasteiger partial charge in [0.05, 0.1) is 6.04 Å². The third-order valence-corrected chi connectivity index (χ3v) is 4.11. The van der Waals surface area contributed by atoms with Crippen LogP contribution in [-0.4, -0.2) is 35.3 Å². The molecule has 1 aromatic rings. The van der Waals surface area contributed by atoms with E-state index < -0.39 is 0 Å². The maximum Gasteiger partial charge on any atom is 0.248 e. The zero-order valence-corrected chi connectivity index (χ0v) is 11.3. The number of carbonyl (C=O) groups is 1. The molecular weight excluding hydrogens is 267 g/mol. The first-order valence-corrected chi connectivity index (χ1v) is 7.27. The molecule has 2 atom stereocenters. The van der Waals surface area contributed by atoms with E-state index in [2.05, 4.69) is 10.6 Å². The summed E-state index contributed by atoms with van der Waals surface area (Å²) in [5.41, 5.74) is 0.798. The van der Waals surface area contributed by atoms with Gasteiger partial charge in [-0.2, -0.15) is 0 Å². The van der Waals surface area contributed by atoms with Crippen LogP contribution in [0.3, 0.4) is 0 Å². The number of aliphatic hydroxyl groups excluding tert-OH is 1. The van der Waals surface area contributed by atoms with E-state index in [9.17, 15) is 9.18 Å². The third-order valence-electron chi connectivity index (χ3n) is 2.96. The molecule has 0 saturated carbocycles. The second-order valence-corrected chi connectivity index (χ2v) is 5.54. The van der Waals surface area contributed by atoms with E-state index >= 15 is 0 Å². The van der Waals surface area contributed by atoms with Crippen LogP contribution >= 0.6 is 11.8 Å². The highest BCUT2D eigenvalue weighted by molar-refractivity contribution is 8.00. The molecule has 0 radical (unpaired) electrons. The third kappa shape index (κ3) is 3.92. The Morgan fingerprint density at radius 2 is 2.26 bits per heavy atom. The average molecular weight is 284 g/mol. The topological polar surface area (TPSA) is 61.4 Å². The fourth-order valence-electron chi connectivity index (χ4n) is 1.99. The van der Waals surface area contributed by atoms with Gasteiger partial charge in [-0.1, -0.05) is 12.1 Å². The summed E-state index contributed by atoms with van der Waals surface area (Å²) in [6, 6.07) is 5.68. The monoisotopic (exact) mass is 284 g/mol. The Kier molecular flexibility index (Phi) is 5.18. The number of hydrogen-bond acceptors (Lipinski definition) is 4. The summed E-state index contributed by atoms with van der Waals surface area (Å²) < 4.78 is 12.9. The molecule has 0 unspecified atom stereocenters. The highest BCUT2D eigenvalue weighted by atomic mass is 32.2. The molecule has 4 nitrogen and oxygen atoms in total. The van der Waals surface area contributed by atoms with Crippen molar-refractivity contribution in [2.24, 2.45) is 0 Å². The van der Waals surface area contributed by atoms with Crippen LogP contribution in [0.4, 0.5) is 4.39 Å². The molecule has 104 valence electrons. The number of thioether (sulfide) groups is 1.